The summed E-state index contributed by atoms with van der Waals surface area (Å²) in [4.78, 5) is 26.2. The first-order valence-electron chi connectivity index (χ1n) is 5.39. The number of hydrogen-bond donors (Lipinski definition) is 2. The van der Waals surface area contributed by atoms with Crippen LogP contribution in [0.1, 0.15) is 0 Å². The van der Waals surface area contributed by atoms with Gasteiger partial charge >= 0.3 is 0 Å². The molecule has 1 fully saturated rings. The van der Waals surface area contributed by atoms with E-state index in [0.717, 1.165) is 4.31 Å². The molecule has 9 heteroatoms. The minimum atomic E-state index is -3.94. The molecule has 0 saturated carbocycles. The van der Waals surface area contributed by atoms with E-state index in [-0.39, 0.29) is 18.0 Å². The van der Waals surface area contributed by atoms with Gasteiger partial charge in [0.05, 0.1) is 18.8 Å². The van der Waals surface area contributed by atoms with E-state index < -0.39 is 21.8 Å². The zero-order valence-corrected chi connectivity index (χ0v) is 10.9. The van der Waals surface area contributed by atoms with Gasteiger partial charge < -0.3 is 5.32 Å². The SMILES string of the molecule is CNc1ccncc1S(=O)(=O)N1CC(=O)NC(=O)C1. The fraction of sp³-hybridized carbons (Fsp3) is 0.300. The standard InChI is InChI=1S/C10H12N4O4S/c1-11-7-2-3-12-4-8(7)19(17,18)14-5-9(15)13-10(16)6-14/h2-4H,5-6H2,1H3,(H,11,12)(H,13,15,16). The Morgan fingerprint density at radius 3 is 2.53 bits per heavy atom. The van der Waals surface area contributed by atoms with E-state index in [2.05, 4.69) is 10.3 Å². The van der Waals surface area contributed by atoms with Crippen molar-refractivity contribution in [2.45, 2.75) is 4.90 Å². The molecule has 2 N–H and O–H groups in total. The summed E-state index contributed by atoms with van der Waals surface area (Å²) in [6.07, 6.45) is 2.62. The maximum absolute atomic E-state index is 12.4. The number of sulfonamides is 1. The molecule has 0 radical (unpaired) electrons. The van der Waals surface area contributed by atoms with Crippen molar-refractivity contribution in [3.8, 4) is 0 Å². The predicted octanol–water partition coefficient (Wildman–Crippen LogP) is -1.23. The van der Waals surface area contributed by atoms with Gasteiger partial charge in [-0.1, -0.05) is 0 Å². The Morgan fingerprint density at radius 2 is 1.95 bits per heavy atom. The molecule has 8 nitrogen and oxygen atoms in total. The Hall–Kier alpha value is -2.00. The van der Waals surface area contributed by atoms with Gasteiger partial charge in [-0.2, -0.15) is 4.31 Å². The fourth-order valence-electron chi connectivity index (χ4n) is 1.71. The molecule has 2 heterocycles. The number of amides is 2. The average molecular weight is 284 g/mol. The summed E-state index contributed by atoms with van der Waals surface area (Å²) in [5, 5.41) is 4.78. The van der Waals surface area contributed by atoms with E-state index in [4.69, 9.17) is 0 Å². The van der Waals surface area contributed by atoms with Crippen molar-refractivity contribution in [1.29, 1.82) is 0 Å². The van der Waals surface area contributed by atoms with Crippen molar-refractivity contribution >= 4 is 27.5 Å². The van der Waals surface area contributed by atoms with Crippen LogP contribution in [0, 0.1) is 0 Å². The summed E-state index contributed by atoms with van der Waals surface area (Å²) in [7, 11) is -2.37. The molecule has 0 aliphatic carbocycles. The molecule has 1 aliphatic heterocycles. The van der Waals surface area contributed by atoms with Crippen molar-refractivity contribution in [2.24, 2.45) is 0 Å². The van der Waals surface area contributed by atoms with Crippen LogP contribution < -0.4 is 10.6 Å². The number of anilines is 1. The summed E-state index contributed by atoms with van der Waals surface area (Å²) in [5.74, 6) is -1.29. The number of aromatic nitrogens is 1. The monoisotopic (exact) mass is 284 g/mol. The zero-order chi connectivity index (χ0) is 14.0. The zero-order valence-electron chi connectivity index (χ0n) is 10.1. The van der Waals surface area contributed by atoms with Crippen molar-refractivity contribution < 1.29 is 18.0 Å². The molecular weight excluding hydrogens is 272 g/mol. The molecule has 1 aromatic rings. The third-order valence-electron chi connectivity index (χ3n) is 2.59. The summed E-state index contributed by atoms with van der Waals surface area (Å²) < 4.78 is 25.6. The number of carbonyl (C=O) groups excluding carboxylic acids is 2. The molecule has 102 valence electrons. The highest BCUT2D eigenvalue weighted by atomic mass is 32.2. The number of nitrogens with one attached hydrogen (secondary N) is 2. The van der Waals surface area contributed by atoms with Gasteiger partial charge in [-0.05, 0) is 6.07 Å². The van der Waals surface area contributed by atoms with Crippen LogP contribution in [-0.4, -0.2) is 49.7 Å². The van der Waals surface area contributed by atoms with Crippen LogP contribution in [0.25, 0.3) is 0 Å². The highest BCUT2D eigenvalue weighted by molar-refractivity contribution is 7.89. The second-order valence-electron chi connectivity index (χ2n) is 3.87. The molecule has 0 aromatic carbocycles. The summed E-state index contributed by atoms with van der Waals surface area (Å²) >= 11 is 0. The molecule has 19 heavy (non-hydrogen) atoms. The number of carbonyl (C=O) groups is 2. The first-order valence-corrected chi connectivity index (χ1v) is 6.83. The summed E-state index contributed by atoms with van der Waals surface area (Å²) in [6.45, 7) is -0.766. The van der Waals surface area contributed by atoms with Crippen LogP contribution in [0.4, 0.5) is 5.69 Å². The second kappa shape index (κ2) is 4.94. The lowest BCUT2D eigenvalue weighted by atomic mass is 10.4. The molecular formula is C10H12N4O4S. The molecule has 1 aliphatic rings. The van der Waals surface area contributed by atoms with Crippen LogP contribution in [0.15, 0.2) is 23.4 Å². The Kier molecular flexibility index (Phi) is 3.49. The van der Waals surface area contributed by atoms with Crippen LogP contribution in [0.3, 0.4) is 0 Å². The van der Waals surface area contributed by atoms with Crippen LogP contribution >= 0.6 is 0 Å². The van der Waals surface area contributed by atoms with Crippen molar-refractivity contribution in [2.75, 3.05) is 25.5 Å². The lowest BCUT2D eigenvalue weighted by molar-refractivity contribution is -0.134. The molecule has 1 saturated heterocycles. The minimum absolute atomic E-state index is 0.0694. The number of pyridine rings is 1. The van der Waals surface area contributed by atoms with E-state index in [1.807, 2.05) is 5.32 Å². The van der Waals surface area contributed by atoms with Gasteiger partial charge in [0.1, 0.15) is 4.90 Å². The minimum Gasteiger partial charge on any atom is -0.387 e. The topological polar surface area (TPSA) is 108 Å². The first-order chi connectivity index (χ1) is 8.95. The number of hydrogen-bond acceptors (Lipinski definition) is 6. The van der Waals surface area contributed by atoms with E-state index in [1.54, 1.807) is 7.05 Å². The third-order valence-corrected chi connectivity index (χ3v) is 4.41. The van der Waals surface area contributed by atoms with E-state index >= 15 is 0 Å². The van der Waals surface area contributed by atoms with E-state index in [1.165, 1.54) is 18.5 Å². The highest BCUT2D eigenvalue weighted by Gasteiger charge is 2.34. The van der Waals surface area contributed by atoms with Crippen LogP contribution in [0.5, 0.6) is 0 Å². The highest BCUT2D eigenvalue weighted by Crippen LogP contribution is 2.23. The van der Waals surface area contributed by atoms with Gasteiger partial charge in [0.25, 0.3) is 0 Å². The van der Waals surface area contributed by atoms with Gasteiger partial charge in [0, 0.05) is 19.4 Å². The maximum atomic E-state index is 12.4. The maximum Gasteiger partial charge on any atom is 0.247 e. The molecule has 0 bridgehead atoms. The fourth-order valence-corrected chi connectivity index (χ4v) is 3.21. The van der Waals surface area contributed by atoms with Gasteiger partial charge in [-0.25, -0.2) is 8.42 Å². The Morgan fingerprint density at radius 1 is 1.32 bits per heavy atom. The first kappa shape index (κ1) is 13.4. The molecule has 0 atom stereocenters. The Balaban J connectivity index is 2.42. The average Bonchev–Trinajstić information content (AvgIpc) is 2.37. The quantitative estimate of drug-likeness (QED) is 0.673. The lowest BCUT2D eigenvalue weighted by Crippen LogP contribution is -2.53. The molecule has 1 aromatic heterocycles. The number of imide groups is 1. The van der Waals surface area contributed by atoms with Gasteiger partial charge in [0.2, 0.25) is 21.8 Å². The van der Waals surface area contributed by atoms with Crippen LogP contribution in [-0.2, 0) is 19.6 Å². The van der Waals surface area contributed by atoms with Gasteiger partial charge in [0.15, 0.2) is 0 Å². The number of rotatable bonds is 3. The van der Waals surface area contributed by atoms with Gasteiger partial charge in [-0.15, -0.1) is 0 Å². The Bertz CT molecular complexity index is 612. The summed E-state index contributed by atoms with van der Waals surface area (Å²) in [6, 6.07) is 1.50. The normalized spacial score (nSPS) is 17.1. The number of nitrogens with zero attached hydrogens (tertiary/aromatic N) is 2. The van der Waals surface area contributed by atoms with E-state index in [9.17, 15) is 18.0 Å². The smallest absolute Gasteiger partial charge is 0.247 e. The largest absolute Gasteiger partial charge is 0.387 e. The number of piperazine rings is 1. The van der Waals surface area contributed by atoms with Gasteiger partial charge in [-0.3, -0.25) is 19.9 Å². The van der Waals surface area contributed by atoms with Crippen molar-refractivity contribution in [3.63, 3.8) is 0 Å². The van der Waals surface area contributed by atoms with Crippen LogP contribution in [0.2, 0.25) is 0 Å². The molecule has 2 amide bonds. The third kappa shape index (κ3) is 2.56. The lowest BCUT2D eigenvalue weighted by Gasteiger charge is -2.25. The second-order valence-corrected chi connectivity index (χ2v) is 5.77. The summed E-state index contributed by atoms with van der Waals surface area (Å²) in [5.41, 5.74) is 0.355. The predicted molar refractivity (Wildman–Crippen MR) is 65.7 cm³/mol. The van der Waals surface area contributed by atoms with E-state index in [0.29, 0.717) is 5.69 Å². The molecule has 0 unspecified atom stereocenters. The molecule has 0 spiro atoms. The molecule has 2 rings (SSSR count). The Labute approximate surface area is 109 Å². The van der Waals surface area contributed by atoms with Crippen molar-refractivity contribution in [1.82, 2.24) is 14.6 Å². The van der Waals surface area contributed by atoms with Crippen molar-refractivity contribution in [3.05, 3.63) is 18.5 Å².